The minimum absolute atomic E-state index is 0. The lowest BCUT2D eigenvalue weighted by Gasteiger charge is -2.27. The molecule has 0 radical (unpaired) electrons. The van der Waals surface area contributed by atoms with E-state index in [1.807, 2.05) is 19.1 Å². The third kappa shape index (κ3) is 5.45. The molecule has 0 aromatic heterocycles. The molecule has 8 heteroatoms. The van der Waals surface area contributed by atoms with Crippen LogP contribution in [0.4, 0.5) is 5.69 Å². The first-order valence-electron chi connectivity index (χ1n) is 8.51. The van der Waals surface area contributed by atoms with Crippen LogP contribution in [-0.4, -0.2) is 33.7 Å². The maximum atomic E-state index is 12.7. The van der Waals surface area contributed by atoms with Gasteiger partial charge in [-0.3, -0.25) is 9.52 Å². The second-order valence-electron chi connectivity index (χ2n) is 6.59. The van der Waals surface area contributed by atoms with Gasteiger partial charge in [0.2, 0.25) is 10.0 Å². The van der Waals surface area contributed by atoms with Crippen LogP contribution in [-0.2, 0) is 16.4 Å². The average molecular weight is 410 g/mol. The molecule has 0 bridgehead atoms. The van der Waals surface area contributed by atoms with Crippen LogP contribution in [0.2, 0.25) is 0 Å². The van der Waals surface area contributed by atoms with Crippen LogP contribution >= 0.6 is 12.4 Å². The highest BCUT2D eigenvalue weighted by atomic mass is 35.5. The number of carbonyl (C=O) groups is 1. The lowest BCUT2D eigenvalue weighted by Crippen LogP contribution is -2.39. The van der Waals surface area contributed by atoms with E-state index in [-0.39, 0.29) is 30.0 Å². The Balaban J connectivity index is 0.00000261. The number of benzene rings is 2. The fourth-order valence-corrected chi connectivity index (χ4v) is 3.78. The van der Waals surface area contributed by atoms with Gasteiger partial charge in [-0.1, -0.05) is 35.9 Å². The van der Waals surface area contributed by atoms with E-state index in [9.17, 15) is 13.2 Å². The van der Waals surface area contributed by atoms with Crippen LogP contribution in [0.1, 0.15) is 33.1 Å². The number of hydrogen-bond donors (Lipinski definition) is 3. The van der Waals surface area contributed by atoms with E-state index >= 15 is 0 Å². The molecule has 0 spiro atoms. The molecule has 0 saturated heterocycles. The summed E-state index contributed by atoms with van der Waals surface area (Å²) in [5, 5.41) is 6.35. The van der Waals surface area contributed by atoms with Gasteiger partial charge >= 0.3 is 0 Å². The number of aryl methyl sites for hydroxylation is 1. The summed E-state index contributed by atoms with van der Waals surface area (Å²) in [5.41, 5.74) is 3.97. The van der Waals surface area contributed by atoms with Crippen LogP contribution in [0, 0.1) is 6.92 Å². The zero-order valence-electron chi connectivity index (χ0n) is 15.3. The Morgan fingerprint density at radius 3 is 2.70 bits per heavy atom. The second kappa shape index (κ2) is 8.73. The number of anilines is 1. The van der Waals surface area contributed by atoms with Crippen LogP contribution in [0.5, 0.6) is 0 Å². The molecule has 1 aliphatic rings. The highest BCUT2D eigenvalue weighted by Gasteiger charge is 2.21. The van der Waals surface area contributed by atoms with Crippen LogP contribution in [0.3, 0.4) is 0 Å². The van der Waals surface area contributed by atoms with Crippen LogP contribution in [0.15, 0.2) is 42.5 Å². The number of sulfonamides is 1. The lowest BCUT2D eigenvalue weighted by atomic mass is 9.94. The van der Waals surface area contributed by atoms with Crippen LogP contribution < -0.4 is 15.4 Å². The summed E-state index contributed by atoms with van der Waals surface area (Å²) >= 11 is 0. The van der Waals surface area contributed by atoms with E-state index in [0.717, 1.165) is 24.8 Å². The quantitative estimate of drug-likeness (QED) is 0.707. The van der Waals surface area contributed by atoms with Crippen molar-refractivity contribution in [1.82, 2.24) is 10.6 Å². The molecule has 3 rings (SSSR count). The van der Waals surface area contributed by atoms with E-state index in [4.69, 9.17) is 0 Å². The van der Waals surface area contributed by atoms with Crippen molar-refractivity contribution in [2.45, 2.75) is 19.4 Å². The second-order valence-corrected chi connectivity index (χ2v) is 8.34. The maximum Gasteiger partial charge on any atom is 0.253 e. The monoisotopic (exact) mass is 409 g/mol. The van der Waals surface area contributed by atoms with Crippen molar-refractivity contribution in [1.29, 1.82) is 0 Å². The molecular formula is C19H24ClN3O3S. The topological polar surface area (TPSA) is 87.3 Å². The summed E-state index contributed by atoms with van der Waals surface area (Å²) in [6.45, 7) is 3.16. The minimum atomic E-state index is -3.46. The number of hydrogen-bond acceptors (Lipinski definition) is 4. The molecule has 1 unspecified atom stereocenters. The SMILES string of the molecule is Cc1ccc(NS(C)(=O)=O)c(C(=O)NCC2NCCc3ccccc32)c1.Cl. The largest absolute Gasteiger partial charge is 0.350 e. The highest BCUT2D eigenvalue weighted by molar-refractivity contribution is 7.92. The number of halogens is 1. The van der Waals surface area contributed by atoms with Gasteiger partial charge in [-0.15, -0.1) is 12.4 Å². The predicted octanol–water partition coefficient (Wildman–Crippen LogP) is 2.41. The van der Waals surface area contributed by atoms with Gasteiger partial charge in [0.1, 0.15) is 0 Å². The predicted molar refractivity (Wildman–Crippen MR) is 110 cm³/mol. The van der Waals surface area contributed by atoms with Gasteiger partial charge in [-0.2, -0.15) is 0 Å². The summed E-state index contributed by atoms with van der Waals surface area (Å²) < 4.78 is 25.5. The molecule has 27 heavy (non-hydrogen) atoms. The summed E-state index contributed by atoms with van der Waals surface area (Å²) in [6.07, 6.45) is 2.04. The number of rotatable bonds is 5. The zero-order valence-corrected chi connectivity index (χ0v) is 16.9. The van der Waals surface area contributed by atoms with E-state index in [1.54, 1.807) is 18.2 Å². The molecular weight excluding hydrogens is 386 g/mol. The summed E-state index contributed by atoms with van der Waals surface area (Å²) in [7, 11) is -3.46. The Kier molecular flexibility index (Phi) is 6.86. The van der Waals surface area contributed by atoms with Crippen molar-refractivity contribution >= 4 is 34.0 Å². The fraction of sp³-hybridized carbons (Fsp3) is 0.316. The summed E-state index contributed by atoms with van der Waals surface area (Å²) in [4.78, 5) is 12.7. The Morgan fingerprint density at radius 2 is 1.96 bits per heavy atom. The maximum absolute atomic E-state index is 12.7. The smallest absolute Gasteiger partial charge is 0.253 e. The molecule has 1 heterocycles. The Labute approximate surface area is 166 Å². The first kappa shape index (κ1) is 21.2. The van der Waals surface area contributed by atoms with Crippen molar-refractivity contribution in [3.05, 3.63) is 64.7 Å². The summed E-state index contributed by atoms with van der Waals surface area (Å²) in [6, 6.07) is 13.3. The molecule has 1 atom stereocenters. The van der Waals surface area contributed by atoms with Crippen molar-refractivity contribution in [3.8, 4) is 0 Å². The van der Waals surface area contributed by atoms with Gasteiger partial charge in [-0.25, -0.2) is 8.42 Å². The molecule has 1 amide bonds. The van der Waals surface area contributed by atoms with E-state index in [2.05, 4.69) is 27.5 Å². The van der Waals surface area contributed by atoms with E-state index < -0.39 is 10.0 Å². The van der Waals surface area contributed by atoms with Crippen LogP contribution in [0.25, 0.3) is 0 Å². The Hall–Kier alpha value is -2.09. The van der Waals surface area contributed by atoms with Gasteiger partial charge in [0, 0.05) is 12.6 Å². The molecule has 0 saturated carbocycles. The molecule has 1 aliphatic heterocycles. The zero-order chi connectivity index (χ0) is 18.7. The van der Waals surface area contributed by atoms with Gasteiger partial charge in [0.05, 0.1) is 17.5 Å². The van der Waals surface area contributed by atoms with Crippen molar-refractivity contribution < 1.29 is 13.2 Å². The lowest BCUT2D eigenvalue weighted by molar-refractivity contribution is 0.0950. The van der Waals surface area contributed by atoms with Gasteiger partial charge < -0.3 is 10.6 Å². The third-order valence-corrected chi connectivity index (χ3v) is 4.99. The Bertz CT molecular complexity index is 932. The van der Waals surface area contributed by atoms with E-state index in [1.165, 1.54) is 11.1 Å². The third-order valence-electron chi connectivity index (χ3n) is 4.40. The molecule has 6 nitrogen and oxygen atoms in total. The molecule has 0 fully saturated rings. The summed E-state index contributed by atoms with van der Waals surface area (Å²) in [5.74, 6) is -0.301. The number of amides is 1. The molecule has 2 aromatic rings. The standard InChI is InChI=1S/C19H23N3O3S.ClH/c1-13-7-8-17(22-26(2,24)25)16(11-13)19(23)21-12-18-15-6-4-3-5-14(15)9-10-20-18;/h3-8,11,18,20,22H,9-10,12H2,1-2H3,(H,21,23);1H. The fourth-order valence-electron chi connectivity index (χ4n) is 3.20. The number of nitrogens with one attached hydrogen (secondary N) is 3. The van der Waals surface area contributed by atoms with Crippen molar-refractivity contribution in [2.75, 3.05) is 24.1 Å². The first-order valence-corrected chi connectivity index (χ1v) is 10.4. The van der Waals surface area contributed by atoms with Crippen molar-refractivity contribution in [2.24, 2.45) is 0 Å². The number of fused-ring (bicyclic) bond motifs is 1. The molecule has 146 valence electrons. The van der Waals surface area contributed by atoms with Gasteiger partial charge in [0.25, 0.3) is 5.91 Å². The molecule has 3 N–H and O–H groups in total. The van der Waals surface area contributed by atoms with Crippen molar-refractivity contribution in [3.63, 3.8) is 0 Å². The van der Waals surface area contributed by atoms with Gasteiger partial charge in [-0.05, 0) is 43.1 Å². The first-order chi connectivity index (χ1) is 12.3. The average Bonchev–Trinajstić information content (AvgIpc) is 2.60. The van der Waals surface area contributed by atoms with Gasteiger partial charge in [0.15, 0.2) is 0 Å². The van der Waals surface area contributed by atoms with E-state index in [0.29, 0.717) is 12.1 Å². The highest BCUT2D eigenvalue weighted by Crippen LogP contribution is 2.23. The normalized spacial score (nSPS) is 16.0. The Morgan fingerprint density at radius 1 is 1.22 bits per heavy atom. The number of carbonyl (C=O) groups excluding carboxylic acids is 1. The molecule has 0 aliphatic carbocycles. The minimum Gasteiger partial charge on any atom is -0.350 e. The molecule has 2 aromatic carbocycles.